The summed E-state index contributed by atoms with van der Waals surface area (Å²) in [5, 5.41) is 12.0. The van der Waals surface area contributed by atoms with Crippen molar-refractivity contribution in [3.8, 4) is 5.88 Å². The summed E-state index contributed by atoms with van der Waals surface area (Å²) < 4.78 is 4.96. The molecule has 0 aliphatic rings. The van der Waals surface area contributed by atoms with Crippen LogP contribution in [0.1, 0.15) is 16.2 Å². The highest BCUT2D eigenvalue weighted by molar-refractivity contribution is 5.85. The average molecular weight is 259 g/mol. The summed E-state index contributed by atoms with van der Waals surface area (Å²) in [5.74, 6) is -0.496. The minimum absolute atomic E-state index is 0.0344. The quantitative estimate of drug-likeness (QED) is 0.851. The van der Waals surface area contributed by atoms with Gasteiger partial charge in [-0.05, 0) is 18.2 Å². The number of rotatable bonds is 5. The summed E-state index contributed by atoms with van der Waals surface area (Å²) in [5.41, 5.74) is 1.49. The van der Waals surface area contributed by atoms with Gasteiger partial charge in [-0.3, -0.25) is 0 Å². The van der Waals surface area contributed by atoms with Crippen molar-refractivity contribution >= 4 is 11.7 Å². The maximum absolute atomic E-state index is 10.8. The first-order valence-corrected chi connectivity index (χ1v) is 5.62. The van der Waals surface area contributed by atoms with Crippen molar-refractivity contribution in [1.29, 1.82) is 0 Å². The Morgan fingerprint density at radius 1 is 1.37 bits per heavy atom. The standard InChI is InChI=1S/C13H13N3O3/c1-19-12-6-5-9(7-15-12)14-8-10-3-2-4-11(16-10)13(17)18/h2-7,14H,8H2,1H3,(H,17,18). The smallest absolute Gasteiger partial charge is 0.354 e. The van der Waals surface area contributed by atoms with Crippen LogP contribution in [-0.2, 0) is 6.54 Å². The number of nitrogens with one attached hydrogen (secondary N) is 1. The molecule has 6 heteroatoms. The van der Waals surface area contributed by atoms with E-state index in [1.165, 1.54) is 6.07 Å². The van der Waals surface area contributed by atoms with Crippen LogP contribution in [0, 0.1) is 0 Å². The summed E-state index contributed by atoms with van der Waals surface area (Å²) in [6, 6.07) is 8.45. The first kappa shape index (κ1) is 12.8. The van der Waals surface area contributed by atoms with Crippen LogP contribution in [-0.4, -0.2) is 28.2 Å². The molecule has 2 aromatic heterocycles. The molecule has 2 N–H and O–H groups in total. The van der Waals surface area contributed by atoms with Crippen molar-refractivity contribution in [2.24, 2.45) is 0 Å². The SMILES string of the molecule is COc1ccc(NCc2cccc(C(=O)O)n2)cn1. The molecule has 0 saturated carbocycles. The Morgan fingerprint density at radius 2 is 2.21 bits per heavy atom. The van der Waals surface area contributed by atoms with Gasteiger partial charge in [0, 0.05) is 6.07 Å². The molecule has 0 saturated heterocycles. The van der Waals surface area contributed by atoms with Gasteiger partial charge in [0.15, 0.2) is 0 Å². The van der Waals surface area contributed by atoms with Gasteiger partial charge in [0.05, 0.1) is 31.2 Å². The third kappa shape index (κ3) is 3.41. The predicted octanol–water partition coefficient (Wildman–Crippen LogP) is 1.80. The number of methoxy groups -OCH3 is 1. The van der Waals surface area contributed by atoms with Gasteiger partial charge in [-0.2, -0.15) is 0 Å². The third-order valence-corrected chi connectivity index (χ3v) is 2.44. The fourth-order valence-electron chi connectivity index (χ4n) is 1.50. The largest absolute Gasteiger partial charge is 0.481 e. The predicted molar refractivity (Wildman–Crippen MR) is 69.3 cm³/mol. The molecule has 0 atom stereocenters. The zero-order chi connectivity index (χ0) is 13.7. The highest BCUT2D eigenvalue weighted by Gasteiger charge is 2.04. The Morgan fingerprint density at radius 3 is 2.84 bits per heavy atom. The first-order valence-electron chi connectivity index (χ1n) is 5.62. The lowest BCUT2D eigenvalue weighted by Gasteiger charge is -2.06. The number of anilines is 1. The van der Waals surface area contributed by atoms with Gasteiger partial charge in [0.1, 0.15) is 5.69 Å². The van der Waals surface area contributed by atoms with Crippen molar-refractivity contribution in [2.75, 3.05) is 12.4 Å². The van der Waals surface area contributed by atoms with E-state index in [0.717, 1.165) is 5.69 Å². The van der Waals surface area contributed by atoms with E-state index in [-0.39, 0.29) is 5.69 Å². The van der Waals surface area contributed by atoms with Gasteiger partial charge in [0.25, 0.3) is 0 Å². The molecule has 2 heterocycles. The molecule has 0 fully saturated rings. The van der Waals surface area contributed by atoms with E-state index in [0.29, 0.717) is 18.1 Å². The van der Waals surface area contributed by atoms with E-state index in [9.17, 15) is 4.79 Å². The molecule has 0 amide bonds. The summed E-state index contributed by atoms with van der Waals surface area (Å²) in [4.78, 5) is 18.9. The molecule has 0 bridgehead atoms. The monoisotopic (exact) mass is 259 g/mol. The number of nitrogens with zero attached hydrogens (tertiary/aromatic N) is 2. The van der Waals surface area contributed by atoms with Crippen molar-refractivity contribution in [2.45, 2.75) is 6.54 Å². The number of aromatic nitrogens is 2. The van der Waals surface area contributed by atoms with E-state index in [1.54, 1.807) is 31.5 Å². The van der Waals surface area contributed by atoms with Gasteiger partial charge in [-0.25, -0.2) is 14.8 Å². The molecule has 0 aliphatic heterocycles. The Kier molecular flexibility index (Phi) is 3.92. The molecule has 0 spiro atoms. The van der Waals surface area contributed by atoms with Crippen LogP contribution in [0.4, 0.5) is 5.69 Å². The van der Waals surface area contributed by atoms with E-state index in [2.05, 4.69) is 15.3 Å². The normalized spacial score (nSPS) is 9.95. The van der Waals surface area contributed by atoms with E-state index < -0.39 is 5.97 Å². The van der Waals surface area contributed by atoms with Crippen LogP contribution in [0.25, 0.3) is 0 Å². The Labute approximate surface area is 110 Å². The lowest BCUT2D eigenvalue weighted by molar-refractivity contribution is 0.0690. The Hall–Kier alpha value is -2.63. The number of ether oxygens (including phenoxy) is 1. The third-order valence-electron chi connectivity index (χ3n) is 2.44. The molecule has 0 aliphatic carbocycles. The number of carboxylic acid groups (broad SMARTS) is 1. The molecular formula is C13H13N3O3. The number of carboxylic acids is 1. The van der Waals surface area contributed by atoms with E-state index >= 15 is 0 Å². The Balaban J connectivity index is 2.01. The molecule has 0 unspecified atom stereocenters. The fraction of sp³-hybridized carbons (Fsp3) is 0.154. The summed E-state index contributed by atoms with van der Waals surface area (Å²) >= 11 is 0. The van der Waals surface area contributed by atoms with Crippen molar-refractivity contribution < 1.29 is 14.6 Å². The lowest BCUT2D eigenvalue weighted by Crippen LogP contribution is -2.06. The van der Waals surface area contributed by atoms with Crippen molar-refractivity contribution in [3.63, 3.8) is 0 Å². The maximum Gasteiger partial charge on any atom is 0.354 e. The number of hydrogen-bond acceptors (Lipinski definition) is 5. The highest BCUT2D eigenvalue weighted by Crippen LogP contribution is 2.12. The molecule has 2 rings (SSSR count). The topological polar surface area (TPSA) is 84.3 Å². The number of hydrogen-bond donors (Lipinski definition) is 2. The minimum Gasteiger partial charge on any atom is -0.481 e. The van der Waals surface area contributed by atoms with Gasteiger partial charge >= 0.3 is 5.97 Å². The average Bonchev–Trinajstić information content (AvgIpc) is 2.46. The lowest BCUT2D eigenvalue weighted by atomic mass is 10.3. The molecule has 19 heavy (non-hydrogen) atoms. The van der Waals surface area contributed by atoms with Crippen LogP contribution in [0.5, 0.6) is 5.88 Å². The zero-order valence-corrected chi connectivity index (χ0v) is 10.3. The number of pyridine rings is 2. The summed E-state index contributed by atoms with van der Waals surface area (Å²) in [6.45, 7) is 0.426. The fourth-order valence-corrected chi connectivity index (χ4v) is 1.50. The van der Waals surface area contributed by atoms with Gasteiger partial charge in [0.2, 0.25) is 5.88 Å². The van der Waals surface area contributed by atoms with Crippen LogP contribution in [0.3, 0.4) is 0 Å². The second-order valence-electron chi connectivity index (χ2n) is 3.76. The molecule has 2 aromatic rings. The van der Waals surface area contributed by atoms with Gasteiger partial charge < -0.3 is 15.2 Å². The van der Waals surface area contributed by atoms with E-state index in [4.69, 9.17) is 9.84 Å². The Bertz CT molecular complexity index is 570. The van der Waals surface area contributed by atoms with Crippen LogP contribution < -0.4 is 10.1 Å². The summed E-state index contributed by atoms with van der Waals surface area (Å²) in [7, 11) is 1.55. The second kappa shape index (κ2) is 5.81. The van der Waals surface area contributed by atoms with Gasteiger partial charge in [-0.1, -0.05) is 6.07 Å². The molecule has 98 valence electrons. The summed E-state index contributed by atoms with van der Waals surface area (Å²) in [6.07, 6.45) is 1.64. The van der Waals surface area contributed by atoms with Crippen LogP contribution in [0.2, 0.25) is 0 Å². The number of carbonyl (C=O) groups is 1. The second-order valence-corrected chi connectivity index (χ2v) is 3.76. The molecular weight excluding hydrogens is 246 g/mol. The van der Waals surface area contributed by atoms with Gasteiger partial charge in [-0.15, -0.1) is 0 Å². The molecule has 0 radical (unpaired) electrons. The van der Waals surface area contributed by atoms with Crippen LogP contribution >= 0.6 is 0 Å². The van der Waals surface area contributed by atoms with E-state index in [1.807, 2.05) is 6.07 Å². The zero-order valence-electron chi connectivity index (χ0n) is 10.3. The maximum atomic E-state index is 10.8. The van der Waals surface area contributed by atoms with Crippen molar-refractivity contribution in [3.05, 3.63) is 47.9 Å². The van der Waals surface area contributed by atoms with Crippen molar-refractivity contribution in [1.82, 2.24) is 9.97 Å². The first-order chi connectivity index (χ1) is 9.19. The number of aromatic carboxylic acids is 1. The molecule has 0 aromatic carbocycles. The highest BCUT2D eigenvalue weighted by atomic mass is 16.5. The van der Waals surface area contributed by atoms with Crippen LogP contribution in [0.15, 0.2) is 36.5 Å². The minimum atomic E-state index is -1.03. The molecule has 6 nitrogen and oxygen atoms in total.